The molecular formula is C14H17N. The molecule has 78 valence electrons. The van der Waals surface area contributed by atoms with Crippen molar-refractivity contribution in [3.8, 4) is 12.3 Å². The van der Waals surface area contributed by atoms with E-state index in [1.807, 2.05) is 18.2 Å². The quantitative estimate of drug-likeness (QED) is 0.737. The maximum atomic E-state index is 5.37. The fourth-order valence-electron chi connectivity index (χ4n) is 1.75. The second-order valence-electron chi connectivity index (χ2n) is 4.75. The first kappa shape index (κ1) is 10.1. The molecule has 1 fully saturated rings. The van der Waals surface area contributed by atoms with Crippen molar-refractivity contribution < 1.29 is 0 Å². The Hall–Kier alpha value is -1.42. The second-order valence-corrected chi connectivity index (χ2v) is 4.75. The lowest BCUT2D eigenvalue weighted by molar-refractivity contribution is 0.493. The minimum Gasteiger partial charge on any atom is -0.382 e. The molecule has 1 aliphatic carbocycles. The summed E-state index contributed by atoms with van der Waals surface area (Å²) in [6, 6.07) is 8.57. The minimum atomic E-state index is 0.492. The first-order chi connectivity index (χ1) is 7.14. The summed E-state index contributed by atoms with van der Waals surface area (Å²) in [4.78, 5) is 0. The summed E-state index contributed by atoms with van der Waals surface area (Å²) in [6.45, 7) is 4.57. The number of terminal acetylenes is 1. The number of anilines is 1. The van der Waals surface area contributed by atoms with Gasteiger partial charge >= 0.3 is 0 Å². The molecule has 1 heteroatoms. The molecule has 1 N–H and O–H groups in total. The average Bonchev–Trinajstić information content (AvgIpc) is 2.98. The number of rotatable bonds is 3. The normalized spacial score (nSPS) is 19.0. The van der Waals surface area contributed by atoms with E-state index >= 15 is 0 Å². The van der Waals surface area contributed by atoms with E-state index in [9.17, 15) is 0 Å². The fourth-order valence-corrected chi connectivity index (χ4v) is 1.75. The summed E-state index contributed by atoms with van der Waals surface area (Å²) in [5.41, 5.74) is 2.56. The smallest absolute Gasteiger partial charge is 0.0354 e. The molecule has 1 unspecified atom stereocenters. The maximum Gasteiger partial charge on any atom is 0.0354 e. The van der Waals surface area contributed by atoms with Gasteiger partial charge in [-0.1, -0.05) is 18.9 Å². The molecule has 1 aromatic carbocycles. The van der Waals surface area contributed by atoms with Crippen LogP contribution >= 0.6 is 0 Å². The Morgan fingerprint density at radius 3 is 2.80 bits per heavy atom. The Bertz CT molecular complexity index is 396. The molecular weight excluding hydrogens is 182 g/mol. The van der Waals surface area contributed by atoms with Crippen LogP contribution in [0, 0.1) is 17.8 Å². The van der Waals surface area contributed by atoms with E-state index in [0.29, 0.717) is 11.5 Å². The monoisotopic (exact) mass is 199 g/mol. The Morgan fingerprint density at radius 2 is 2.20 bits per heavy atom. The van der Waals surface area contributed by atoms with E-state index in [4.69, 9.17) is 6.42 Å². The molecule has 0 amide bonds. The van der Waals surface area contributed by atoms with Gasteiger partial charge in [-0.05, 0) is 43.4 Å². The van der Waals surface area contributed by atoms with Crippen molar-refractivity contribution >= 4 is 5.69 Å². The highest BCUT2D eigenvalue weighted by atomic mass is 14.9. The largest absolute Gasteiger partial charge is 0.382 e. The van der Waals surface area contributed by atoms with Crippen LogP contribution in [0.3, 0.4) is 0 Å². The molecule has 0 bridgehead atoms. The van der Waals surface area contributed by atoms with Gasteiger partial charge in [0.25, 0.3) is 0 Å². The lowest BCUT2D eigenvalue weighted by atomic mass is 10.0. The summed E-state index contributed by atoms with van der Waals surface area (Å²) in [5, 5.41) is 3.52. The molecule has 0 aromatic heterocycles. The topological polar surface area (TPSA) is 12.0 Å². The summed E-state index contributed by atoms with van der Waals surface area (Å²) in [6.07, 6.45) is 8.03. The second kappa shape index (κ2) is 3.62. The molecule has 0 spiro atoms. The first-order valence-corrected chi connectivity index (χ1v) is 5.47. The predicted octanol–water partition coefficient (Wildman–Crippen LogP) is 3.27. The SMILES string of the molecule is C#Cc1cccc(NC(C)C2(C)CC2)c1. The summed E-state index contributed by atoms with van der Waals surface area (Å²) in [5.74, 6) is 2.65. The van der Waals surface area contributed by atoms with Crippen LogP contribution in [0.25, 0.3) is 0 Å². The summed E-state index contributed by atoms with van der Waals surface area (Å²) < 4.78 is 0. The zero-order valence-electron chi connectivity index (χ0n) is 9.38. The van der Waals surface area contributed by atoms with Gasteiger partial charge in [0.05, 0.1) is 0 Å². The molecule has 1 aromatic rings. The van der Waals surface area contributed by atoms with E-state index in [1.165, 1.54) is 12.8 Å². The molecule has 1 nitrogen and oxygen atoms in total. The Labute approximate surface area is 91.9 Å². The van der Waals surface area contributed by atoms with Gasteiger partial charge in [0.2, 0.25) is 0 Å². The van der Waals surface area contributed by atoms with Crippen molar-refractivity contribution in [3.05, 3.63) is 29.8 Å². The minimum absolute atomic E-state index is 0.492. The number of benzene rings is 1. The Balaban J connectivity index is 2.07. The zero-order valence-corrected chi connectivity index (χ0v) is 9.38. The van der Waals surface area contributed by atoms with Crippen molar-refractivity contribution in [3.63, 3.8) is 0 Å². The summed E-state index contributed by atoms with van der Waals surface area (Å²) >= 11 is 0. The van der Waals surface area contributed by atoms with Crippen LogP contribution in [-0.4, -0.2) is 6.04 Å². The number of nitrogens with one attached hydrogen (secondary N) is 1. The van der Waals surface area contributed by atoms with Gasteiger partial charge < -0.3 is 5.32 Å². The van der Waals surface area contributed by atoms with Crippen LogP contribution in [0.2, 0.25) is 0 Å². The first-order valence-electron chi connectivity index (χ1n) is 5.47. The van der Waals surface area contributed by atoms with Gasteiger partial charge in [0.15, 0.2) is 0 Å². The Kier molecular flexibility index (Phi) is 2.44. The molecule has 15 heavy (non-hydrogen) atoms. The van der Waals surface area contributed by atoms with Gasteiger partial charge in [0.1, 0.15) is 0 Å². The summed E-state index contributed by atoms with van der Waals surface area (Å²) in [7, 11) is 0. The zero-order chi connectivity index (χ0) is 10.9. The average molecular weight is 199 g/mol. The van der Waals surface area contributed by atoms with Crippen LogP contribution < -0.4 is 5.32 Å². The van der Waals surface area contributed by atoms with Crippen molar-refractivity contribution in [2.75, 3.05) is 5.32 Å². The number of hydrogen-bond acceptors (Lipinski definition) is 1. The van der Waals surface area contributed by atoms with Crippen molar-refractivity contribution in [1.29, 1.82) is 0 Å². The van der Waals surface area contributed by atoms with Crippen molar-refractivity contribution in [1.82, 2.24) is 0 Å². The predicted molar refractivity (Wildman–Crippen MR) is 64.8 cm³/mol. The van der Waals surface area contributed by atoms with Gasteiger partial charge in [-0.3, -0.25) is 0 Å². The van der Waals surface area contributed by atoms with Gasteiger partial charge in [0, 0.05) is 17.3 Å². The molecule has 0 aliphatic heterocycles. The third-order valence-corrected chi connectivity index (χ3v) is 3.50. The highest BCUT2D eigenvalue weighted by Crippen LogP contribution is 2.48. The van der Waals surface area contributed by atoms with E-state index in [2.05, 4.69) is 31.2 Å². The molecule has 2 rings (SSSR count). The van der Waals surface area contributed by atoms with Gasteiger partial charge in [-0.15, -0.1) is 6.42 Å². The van der Waals surface area contributed by atoms with Crippen LogP contribution in [0.1, 0.15) is 32.3 Å². The van der Waals surface area contributed by atoms with E-state index in [-0.39, 0.29) is 0 Å². The third-order valence-electron chi connectivity index (χ3n) is 3.50. The molecule has 0 radical (unpaired) electrons. The lowest BCUT2D eigenvalue weighted by Crippen LogP contribution is -2.24. The van der Waals surface area contributed by atoms with Crippen LogP contribution in [0.15, 0.2) is 24.3 Å². The lowest BCUT2D eigenvalue weighted by Gasteiger charge is -2.21. The van der Waals surface area contributed by atoms with Crippen LogP contribution in [0.4, 0.5) is 5.69 Å². The van der Waals surface area contributed by atoms with Crippen LogP contribution in [0.5, 0.6) is 0 Å². The highest BCUT2D eigenvalue weighted by molar-refractivity contribution is 5.50. The molecule has 1 aliphatic rings. The van der Waals surface area contributed by atoms with Crippen LogP contribution in [-0.2, 0) is 0 Å². The maximum absolute atomic E-state index is 5.37. The van der Waals surface area contributed by atoms with E-state index in [0.717, 1.165) is 11.3 Å². The van der Waals surface area contributed by atoms with Crippen molar-refractivity contribution in [2.45, 2.75) is 32.7 Å². The van der Waals surface area contributed by atoms with E-state index in [1.54, 1.807) is 0 Å². The number of hydrogen-bond donors (Lipinski definition) is 1. The molecule has 1 atom stereocenters. The highest BCUT2D eigenvalue weighted by Gasteiger charge is 2.42. The Morgan fingerprint density at radius 1 is 1.47 bits per heavy atom. The molecule has 0 heterocycles. The van der Waals surface area contributed by atoms with Gasteiger partial charge in [-0.2, -0.15) is 0 Å². The fraction of sp³-hybridized carbons (Fsp3) is 0.429. The van der Waals surface area contributed by atoms with E-state index < -0.39 is 0 Å². The molecule has 0 saturated heterocycles. The standard InChI is InChI=1S/C14H17N/c1-4-12-6-5-7-13(10-12)15-11(2)14(3)8-9-14/h1,5-7,10-11,15H,8-9H2,2-3H3. The molecule has 1 saturated carbocycles. The third kappa shape index (κ3) is 2.15. The van der Waals surface area contributed by atoms with Gasteiger partial charge in [-0.25, -0.2) is 0 Å². The van der Waals surface area contributed by atoms with Crippen molar-refractivity contribution in [2.24, 2.45) is 5.41 Å².